The molecule has 158 valence electrons. The molecule has 0 radical (unpaired) electrons. The summed E-state index contributed by atoms with van der Waals surface area (Å²) in [5.41, 5.74) is 10.6. The summed E-state index contributed by atoms with van der Waals surface area (Å²) in [5, 5.41) is 2.83. The molecule has 27 heavy (non-hydrogen) atoms. The van der Waals surface area contributed by atoms with Gasteiger partial charge in [0, 0.05) is 12.5 Å². The van der Waals surface area contributed by atoms with Crippen LogP contribution < -0.4 is 16.8 Å². The first kappa shape index (κ1) is 25.2. The number of guanidine groups is 1. The summed E-state index contributed by atoms with van der Waals surface area (Å²) in [4.78, 5) is 28.4. The second kappa shape index (κ2) is 16.4. The van der Waals surface area contributed by atoms with E-state index >= 15 is 0 Å². The molecular weight excluding hydrogens is 344 g/mol. The van der Waals surface area contributed by atoms with Gasteiger partial charge in [-0.05, 0) is 26.2 Å². The molecule has 0 bridgehead atoms. The maximum atomic E-state index is 12.4. The van der Waals surface area contributed by atoms with Crippen LogP contribution in [0.15, 0.2) is 4.99 Å². The van der Waals surface area contributed by atoms with Gasteiger partial charge in [-0.15, -0.1) is 0 Å². The Labute approximate surface area is 164 Å². The van der Waals surface area contributed by atoms with E-state index in [-0.39, 0.29) is 24.4 Å². The quantitative estimate of drug-likeness (QED) is 0.164. The zero-order valence-corrected chi connectivity index (χ0v) is 17.5. The van der Waals surface area contributed by atoms with Gasteiger partial charge in [-0.25, -0.2) is 4.79 Å². The van der Waals surface area contributed by atoms with E-state index in [1.165, 1.54) is 32.1 Å². The van der Waals surface area contributed by atoms with Gasteiger partial charge in [0.25, 0.3) is 0 Å². The van der Waals surface area contributed by atoms with Crippen molar-refractivity contribution in [2.45, 2.75) is 91.0 Å². The van der Waals surface area contributed by atoms with E-state index in [1.807, 2.05) is 6.92 Å². The molecular formula is C20H40N4O3. The summed E-state index contributed by atoms with van der Waals surface area (Å²) in [7, 11) is 0. The number of ether oxygens (including phenoxy) is 1. The van der Waals surface area contributed by atoms with Gasteiger partial charge >= 0.3 is 5.97 Å². The SMILES string of the molecule is CCCCCCCCCC(C)C(=O)NC(CCCN=C(N)N)C(=O)OCC. The lowest BCUT2D eigenvalue weighted by Gasteiger charge is -2.19. The molecule has 0 aromatic heterocycles. The van der Waals surface area contributed by atoms with Gasteiger partial charge in [0.05, 0.1) is 6.61 Å². The highest BCUT2D eigenvalue weighted by Gasteiger charge is 2.24. The minimum absolute atomic E-state index is 0.0232. The number of carbonyl (C=O) groups excluding carboxylic acids is 2. The molecule has 1 amide bonds. The standard InChI is InChI=1S/C20H40N4O3/c1-4-6-7-8-9-10-11-13-16(3)18(25)24-17(19(26)27-5-2)14-12-15-23-20(21)22/h16-17H,4-15H2,1-3H3,(H,24,25)(H4,21,22,23). The van der Waals surface area contributed by atoms with Crippen LogP contribution in [0.3, 0.4) is 0 Å². The number of nitrogens with zero attached hydrogens (tertiary/aromatic N) is 1. The Kier molecular flexibility index (Phi) is 15.3. The van der Waals surface area contributed by atoms with Crippen LogP contribution >= 0.6 is 0 Å². The third-order valence-electron chi connectivity index (χ3n) is 4.52. The van der Waals surface area contributed by atoms with Crippen molar-refractivity contribution in [3.05, 3.63) is 0 Å². The number of rotatable bonds is 16. The maximum absolute atomic E-state index is 12.4. The fourth-order valence-corrected chi connectivity index (χ4v) is 2.85. The highest BCUT2D eigenvalue weighted by Crippen LogP contribution is 2.13. The van der Waals surface area contributed by atoms with Crippen molar-refractivity contribution < 1.29 is 14.3 Å². The third kappa shape index (κ3) is 14.0. The minimum Gasteiger partial charge on any atom is -0.464 e. The van der Waals surface area contributed by atoms with Crippen molar-refractivity contribution in [3.63, 3.8) is 0 Å². The van der Waals surface area contributed by atoms with E-state index in [9.17, 15) is 9.59 Å². The Bertz CT molecular complexity index is 437. The number of hydrogen-bond donors (Lipinski definition) is 3. The van der Waals surface area contributed by atoms with Gasteiger partial charge in [0.15, 0.2) is 5.96 Å². The van der Waals surface area contributed by atoms with E-state index in [4.69, 9.17) is 16.2 Å². The number of amides is 1. The Morgan fingerprint density at radius 3 is 2.19 bits per heavy atom. The van der Waals surface area contributed by atoms with E-state index in [1.54, 1.807) is 6.92 Å². The highest BCUT2D eigenvalue weighted by atomic mass is 16.5. The maximum Gasteiger partial charge on any atom is 0.328 e. The largest absolute Gasteiger partial charge is 0.464 e. The van der Waals surface area contributed by atoms with Gasteiger partial charge in [0.2, 0.25) is 5.91 Å². The Hall–Kier alpha value is -1.79. The van der Waals surface area contributed by atoms with Gasteiger partial charge in [0.1, 0.15) is 6.04 Å². The van der Waals surface area contributed by atoms with E-state index in [0.717, 1.165) is 19.3 Å². The van der Waals surface area contributed by atoms with Crippen molar-refractivity contribution in [1.82, 2.24) is 5.32 Å². The van der Waals surface area contributed by atoms with Crippen LogP contribution in [0.25, 0.3) is 0 Å². The smallest absolute Gasteiger partial charge is 0.328 e. The van der Waals surface area contributed by atoms with Crippen molar-refractivity contribution in [2.24, 2.45) is 22.4 Å². The molecule has 0 saturated heterocycles. The molecule has 0 aliphatic rings. The Morgan fingerprint density at radius 1 is 0.963 bits per heavy atom. The molecule has 2 unspecified atom stereocenters. The summed E-state index contributed by atoms with van der Waals surface area (Å²) in [6.45, 7) is 6.58. The lowest BCUT2D eigenvalue weighted by molar-refractivity contribution is -0.148. The number of hydrogen-bond acceptors (Lipinski definition) is 4. The predicted molar refractivity (Wildman–Crippen MR) is 110 cm³/mol. The molecule has 2 atom stereocenters. The van der Waals surface area contributed by atoms with Crippen molar-refractivity contribution in [2.75, 3.05) is 13.2 Å². The lowest BCUT2D eigenvalue weighted by atomic mass is 10.00. The van der Waals surface area contributed by atoms with E-state index in [0.29, 0.717) is 19.4 Å². The van der Waals surface area contributed by atoms with E-state index in [2.05, 4.69) is 17.2 Å². The molecule has 0 aromatic carbocycles. The lowest BCUT2D eigenvalue weighted by Crippen LogP contribution is -2.44. The topological polar surface area (TPSA) is 120 Å². The second-order valence-corrected chi connectivity index (χ2v) is 7.07. The summed E-state index contributed by atoms with van der Waals surface area (Å²) in [5.74, 6) is -0.593. The molecule has 0 saturated carbocycles. The molecule has 0 fully saturated rings. The zero-order chi connectivity index (χ0) is 20.5. The summed E-state index contributed by atoms with van der Waals surface area (Å²) >= 11 is 0. The monoisotopic (exact) mass is 384 g/mol. The molecule has 0 aliphatic heterocycles. The van der Waals surface area contributed by atoms with Crippen LogP contribution in [0.1, 0.15) is 85.0 Å². The van der Waals surface area contributed by atoms with Crippen LogP contribution in [0, 0.1) is 5.92 Å². The summed E-state index contributed by atoms with van der Waals surface area (Å²) in [6, 6.07) is -0.650. The average Bonchev–Trinajstić information content (AvgIpc) is 2.63. The number of carbonyl (C=O) groups is 2. The first-order valence-electron chi connectivity index (χ1n) is 10.4. The predicted octanol–water partition coefficient (Wildman–Crippen LogP) is 2.86. The van der Waals surface area contributed by atoms with Gasteiger partial charge in [-0.1, -0.05) is 58.8 Å². The first-order valence-corrected chi connectivity index (χ1v) is 10.4. The second-order valence-electron chi connectivity index (χ2n) is 7.07. The number of aliphatic imine (C=N–C) groups is 1. The summed E-state index contributed by atoms with van der Waals surface area (Å²) < 4.78 is 5.07. The number of esters is 1. The van der Waals surface area contributed by atoms with E-state index < -0.39 is 12.0 Å². The third-order valence-corrected chi connectivity index (χ3v) is 4.52. The Balaban J connectivity index is 4.26. The van der Waals surface area contributed by atoms with Gasteiger partial charge < -0.3 is 21.5 Å². The van der Waals surface area contributed by atoms with Crippen molar-refractivity contribution >= 4 is 17.8 Å². The zero-order valence-electron chi connectivity index (χ0n) is 17.5. The van der Waals surface area contributed by atoms with Crippen molar-refractivity contribution in [3.8, 4) is 0 Å². The molecule has 0 spiro atoms. The van der Waals surface area contributed by atoms with Gasteiger partial charge in [-0.3, -0.25) is 9.79 Å². The van der Waals surface area contributed by atoms with Crippen LogP contribution in [0.2, 0.25) is 0 Å². The molecule has 0 heterocycles. The number of unbranched alkanes of at least 4 members (excludes halogenated alkanes) is 6. The van der Waals surface area contributed by atoms with Crippen LogP contribution in [-0.4, -0.2) is 37.0 Å². The molecule has 0 aliphatic carbocycles. The fourth-order valence-electron chi connectivity index (χ4n) is 2.85. The number of nitrogens with two attached hydrogens (primary N) is 2. The Morgan fingerprint density at radius 2 is 1.59 bits per heavy atom. The molecule has 0 aromatic rings. The average molecular weight is 385 g/mol. The van der Waals surface area contributed by atoms with Gasteiger partial charge in [-0.2, -0.15) is 0 Å². The minimum atomic E-state index is -0.650. The van der Waals surface area contributed by atoms with Crippen LogP contribution in [0.4, 0.5) is 0 Å². The van der Waals surface area contributed by atoms with Crippen molar-refractivity contribution in [1.29, 1.82) is 0 Å². The van der Waals surface area contributed by atoms with Crippen LogP contribution in [0.5, 0.6) is 0 Å². The molecule has 7 nitrogen and oxygen atoms in total. The number of nitrogens with one attached hydrogen (secondary N) is 1. The normalized spacial score (nSPS) is 12.9. The fraction of sp³-hybridized carbons (Fsp3) is 0.850. The summed E-state index contributed by atoms with van der Waals surface area (Å²) in [6.07, 6.45) is 10.4. The molecule has 7 heteroatoms. The first-order chi connectivity index (χ1) is 12.9. The van der Waals surface area contributed by atoms with Crippen LogP contribution in [-0.2, 0) is 14.3 Å². The highest BCUT2D eigenvalue weighted by molar-refractivity contribution is 5.85. The molecule has 5 N–H and O–H groups in total. The molecule has 0 rings (SSSR count).